The molecule has 31 heavy (non-hydrogen) atoms. The average Bonchev–Trinajstić information content (AvgIpc) is 3.09. The van der Waals surface area contributed by atoms with E-state index in [1.165, 1.54) is 38.4 Å². The molecule has 1 heterocycles. The first kappa shape index (κ1) is 22.9. The molecule has 0 bridgehead atoms. The third-order valence-corrected chi connectivity index (χ3v) is 6.86. The van der Waals surface area contributed by atoms with E-state index in [0.717, 1.165) is 34.3 Å². The molecule has 0 radical (unpaired) electrons. The van der Waals surface area contributed by atoms with Gasteiger partial charge in [-0.15, -0.1) is 0 Å². The minimum absolute atomic E-state index is 0.156. The predicted octanol–water partition coefficient (Wildman–Crippen LogP) is 1.82. The molecule has 2 aromatic carbocycles. The molecular formula is C22H29N5O3S. The summed E-state index contributed by atoms with van der Waals surface area (Å²) >= 11 is 0. The number of imidazole rings is 1. The fraction of sp³-hybridized carbons (Fsp3) is 0.364. The monoisotopic (exact) mass is 443 g/mol. The Morgan fingerprint density at radius 2 is 1.71 bits per heavy atom. The van der Waals surface area contributed by atoms with E-state index in [2.05, 4.69) is 20.9 Å². The van der Waals surface area contributed by atoms with E-state index >= 15 is 0 Å². The van der Waals surface area contributed by atoms with Crippen molar-refractivity contribution in [3.8, 4) is 0 Å². The number of hydrogen-bond donors (Lipinski definition) is 1. The molecule has 0 unspecified atom stereocenters. The highest BCUT2D eigenvalue weighted by atomic mass is 32.2. The number of hydrogen-bond acceptors (Lipinski definition) is 5. The Kier molecular flexibility index (Phi) is 7.09. The molecular weight excluding hydrogens is 414 g/mol. The number of nitrogens with zero attached hydrogens (tertiary/aromatic N) is 4. The highest BCUT2D eigenvalue weighted by Crippen LogP contribution is 2.17. The standard InChI is InChI=1S/C22H29N5O3S/c1-25(2)15-16-27-20-8-6-5-7-19(20)24-21(27)13-14-23-22(28)17-9-11-18(12-10-17)31(29,30)26(3)4/h5-12H,13-16H2,1-4H3,(H,23,28). The van der Waals surface area contributed by atoms with Crippen LogP contribution in [0.3, 0.4) is 0 Å². The van der Waals surface area contributed by atoms with Gasteiger partial charge in [-0.2, -0.15) is 0 Å². The van der Waals surface area contributed by atoms with Gasteiger partial charge in [0.1, 0.15) is 5.82 Å². The van der Waals surface area contributed by atoms with Gasteiger partial charge < -0.3 is 14.8 Å². The number of benzene rings is 2. The third kappa shape index (κ3) is 5.30. The maximum absolute atomic E-state index is 12.5. The largest absolute Gasteiger partial charge is 0.352 e. The molecule has 0 saturated carbocycles. The minimum atomic E-state index is -3.51. The molecule has 0 atom stereocenters. The topological polar surface area (TPSA) is 87.5 Å². The van der Waals surface area contributed by atoms with E-state index in [9.17, 15) is 13.2 Å². The second-order valence-electron chi connectivity index (χ2n) is 7.79. The highest BCUT2D eigenvalue weighted by Gasteiger charge is 2.17. The second kappa shape index (κ2) is 9.59. The number of nitrogens with one attached hydrogen (secondary N) is 1. The van der Waals surface area contributed by atoms with Crippen molar-refractivity contribution >= 4 is 27.0 Å². The van der Waals surface area contributed by atoms with Crippen LogP contribution in [0.25, 0.3) is 11.0 Å². The zero-order chi connectivity index (χ0) is 22.6. The molecule has 1 amide bonds. The first-order valence-electron chi connectivity index (χ1n) is 10.1. The van der Waals surface area contributed by atoms with Gasteiger partial charge in [-0.1, -0.05) is 12.1 Å². The molecule has 0 fully saturated rings. The normalized spacial score (nSPS) is 12.1. The fourth-order valence-corrected chi connectivity index (χ4v) is 4.15. The minimum Gasteiger partial charge on any atom is -0.352 e. The summed E-state index contributed by atoms with van der Waals surface area (Å²) in [7, 11) is 3.51. The molecule has 0 saturated heterocycles. The summed E-state index contributed by atoms with van der Waals surface area (Å²) in [6.45, 7) is 2.14. The number of sulfonamides is 1. The summed E-state index contributed by atoms with van der Waals surface area (Å²) in [4.78, 5) is 19.5. The van der Waals surface area contributed by atoms with Crippen molar-refractivity contribution < 1.29 is 13.2 Å². The first-order chi connectivity index (χ1) is 14.7. The van der Waals surface area contributed by atoms with Crippen molar-refractivity contribution in [1.82, 2.24) is 24.1 Å². The lowest BCUT2D eigenvalue weighted by Gasteiger charge is -2.14. The summed E-state index contributed by atoms with van der Waals surface area (Å²) in [5.41, 5.74) is 2.45. The SMILES string of the molecule is CN(C)CCn1c(CCNC(=O)c2ccc(S(=O)(=O)N(C)C)cc2)nc2ccccc21. The van der Waals surface area contributed by atoms with Gasteiger partial charge in [0.2, 0.25) is 10.0 Å². The Morgan fingerprint density at radius 1 is 1.03 bits per heavy atom. The van der Waals surface area contributed by atoms with Crippen molar-refractivity contribution in [1.29, 1.82) is 0 Å². The zero-order valence-corrected chi connectivity index (χ0v) is 19.2. The maximum atomic E-state index is 12.5. The summed E-state index contributed by atoms with van der Waals surface area (Å²) in [5.74, 6) is 0.681. The van der Waals surface area contributed by atoms with Crippen molar-refractivity contribution in [2.24, 2.45) is 0 Å². The number of amides is 1. The van der Waals surface area contributed by atoms with Crippen molar-refractivity contribution in [2.75, 3.05) is 41.3 Å². The van der Waals surface area contributed by atoms with Gasteiger partial charge in [0, 0.05) is 45.7 Å². The van der Waals surface area contributed by atoms with Gasteiger partial charge >= 0.3 is 0 Å². The summed E-state index contributed by atoms with van der Waals surface area (Å²) in [5, 5.41) is 2.90. The lowest BCUT2D eigenvalue weighted by Crippen LogP contribution is -2.27. The Morgan fingerprint density at radius 3 is 2.35 bits per heavy atom. The van der Waals surface area contributed by atoms with E-state index in [0.29, 0.717) is 18.5 Å². The molecule has 166 valence electrons. The number of rotatable bonds is 9. The molecule has 1 N–H and O–H groups in total. The molecule has 1 aromatic heterocycles. The van der Waals surface area contributed by atoms with Crippen LogP contribution >= 0.6 is 0 Å². The van der Waals surface area contributed by atoms with Crippen LogP contribution in [0.2, 0.25) is 0 Å². The van der Waals surface area contributed by atoms with Gasteiger partial charge in [-0.05, 0) is 50.5 Å². The molecule has 0 aliphatic heterocycles. The quantitative estimate of drug-likeness (QED) is 0.545. The molecule has 0 spiro atoms. The van der Waals surface area contributed by atoms with Crippen LogP contribution < -0.4 is 5.32 Å². The van der Waals surface area contributed by atoms with Gasteiger partial charge in [0.05, 0.1) is 15.9 Å². The number of fused-ring (bicyclic) bond motifs is 1. The van der Waals surface area contributed by atoms with Crippen LogP contribution in [0.4, 0.5) is 0 Å². The molecule has 0 aliphatic carbocycles. The van der Waals surface area contributed by atoms with Crippen LogP contribution in [0.1, 0.15) is 16.2 Å². The third-order valence-electron chi connectivity index (χ3n) is 5.03. The Hall–Kier alpha value is -2.75. The maximum Gasteiger partial charge on any atom is 0.251 e. The van der Waals surface area contributed by atoms with Gasteiger partial charge in [0.15, 0.2) is 0 Å². The molecule has 3 rings (SSSR count). The summed E-state index contributed by atoms with van der Waals surface area (Å²) in [6, 6.07) is 14.0. The van der Waals surface area contributed by atoms with Crippen LogP contribution in [-0.2, 0) is 23.0 Å². The van der Waals surface area contributed by atoms with Crippen molar-refractivity contribution in [2.45, 2.75) is 17.9 Å². The lowest BCUT2D eigenvalue weighted by molar-refractivity contribution is 0.0954. The average molecular weight is 444 g/mol. The number of aromatic nitrogens is 2. The zero-order valence-electron chi connectivity index (χ0n) is 18.4. The summed E-state index contributed by atoms with van der Waals surface area (Å²) < 4.78 is 27.7. The molecule has 3 aromatic rings. The Labute approximate surface area is 183 Å². The van der Waals surface area contributed by atoms with Crippen molar-refractivity contribution in [3.63, 3.8) is 0 Å². The number of carbonyl (C=O) groups excluding carboxylic acids is 1. The van der Waals surface area contributed by atoms with E-state index in [4.69, 9.17) is 4.98 Å². The van der Waals surface area contributed by atoms with Crippen molar-refractivity contribution in [3.05, 3.63) is 59.9 Å². The van der Waals surface area contributed by atoms with E-state index in [1.54, 1.807) is 0 Å². The highest BCUT2D eigenvalue weighted by molar-refractivity contribution is 7.89. The Bertz CT molecular complexity index is 1150. The first-order valence-corrected chi connectivity index (χ1v) is 11.5. The van der Waals surface area contributed by atoms with Gasteiger partial charge in [-0.3, -0.25) is 4.79 Å². The van der Waals surface area contributed by atoms with Gasteiger partial charge in [0.25, 0.3) is 5.91 Å². The number of likely N-dealkylation sites (N-methyl/N-ethyl adjacent to an activating group) is 1. The van der Waals surface area contributed by atoms with Gasteiger partial charge in [-0.25, -0.2) is 17.7 Å². The van der Waals surface area contributed by atoms with Crippen LogP contribution in [-0.4, -0.2) is 74.4 Å². The number of para-hydroxylation sites is 2. The fourth-order valence-electron chi connectivity index (χ4n) is 3.24. The van der Waals surface area contributed by atoms with E-state index in [-0.39, 0.29) is 10.8 Å². The Balaban J connectivity index is 1.67. The van der Waals surface area contributed by atoms with E-state index in [1.807, 2.05) is 32.3 Å². The predicted molar refractivity (Wildman–Crippen MR) is 122 cm³/mol. The molecule has 0 aliphatic rings. The molecule has 9 heteroatoms. The van der Waals surface area contributed by atoms with Crippen LogP contribution in [0, 0.1) is 0 Å². The van der Waals surface area contributed by atoms with E-state index < -0.39 is 10.0 Å². The number of carbonyl (C=O) groups is 1. The smallest absolute Gasteiger partial charge is 0.251 e. The lowest BCUT2D eigenvalue weighted by atomic mass is 10.2. The summed E-state index contributed by atoms with van der Waals surface area (Å²) in [6.07, 6.45) is 0.598. The second-order valence-corrected chi connectivity index (χ2v) is 9.94. The van der Waals surface area contributed by atoms with Crippen LogP contribution in [0.15, 0.2) is 53.4 Å². The van der Waals surface area contributed by atoms with Crippen LogP contribution in [0.5, 0.6) is 0 Å². The molecule has 8 nitrogen and oxygen atoms in total.